The molecule has 0 aromatic heterocycles. The Bertz CT molecular complexity index is 395. The lowest BCUT2D eigenvalue weighted by Crippen LogP contribution is -2.14. The van der Waals surface area contributed by atoms with Gasteiger partial charge in [0.2, 0.25) is 0 Å². The van der Waals surface area contributed by atoms with Crippen molar-refractivity contribution >= 4 is 28.8 Å². The van der Waals surface area contributed by atoms with Crippen LogP contribution in [0.2, 0.25) is 5.02 Å². The number of hydrogen-bond acceptors (Lipinski definition) is 2. The number of thiocarbonyl (C=S) groups is 1. The summed E-state index contributed by atoms with van der Waals surface area (Å²) in [5.41, 5.74) is 6.66. The third-order valence-corrected chi connectivity index (χ3v) is 2.84. The van der Waals surface area contributed by atoms with Crippen LogP contribution >= 0.6 is 23.8 Å². The lowest BCUT2D eigenvalue weighted by atomic mass is 9.97. The molecule has 0 aliphatic carbocycles. The van der Waals surface area contributed by atoms with Gasteiger partial charge < -0.3 is 10.5 Å². The predicted octanol–water partition coefficient (Wildman–Crippen LogP) is 3.59. The molecule has 17 heavy (non-hydrogen) atoms. The Hall–Kier alpha value is -0.800. The van der Waals surface area contributed by atoms with E-state index in [1.54, 1.807) is 0 Å². The third kappa shape index (κ3) is 4.92. The summed E-state index contributed by atoms with van der Waals surface area (Å²) in [5.74, 6) is 1.29. The molecule has 1 atom stereocenters. The molecule has 4 heteroatoms. The molecule has 0 amide bonds. The van der Waals surface area contributed by atoms with Gasteiger partial charge in [-0.15, -0.1) is 0 Å². The zero-order chi connectivity index (χ0) is 12.8. The summed E-state index contributed by atoms with van der Waals surface area (Å²) in [6, 6.07) is 5.70. The van der Waals surface area contributed by atoms with Crippen LogP contribution in [0.4, 0.5) is 0 Å². The number of rotatable bonds is 6. The van der Waals surface area contributed by atoms with Crippen molar-refractivity contribution in [2.45, 2.75) is 26.7 Å². The molecule has 0 saturated heterocycles. The number of ether oxygens (including phenoxy) is 1. The first-order valence-electron chi connectivity index (χ1n) is 5.72. The molecular weight excluding hydrogens is 254 g/mol. The summed E-state index contributed by atoms with van der Waals surface area (Å²) >= 11 is 10.9. The van der Waals surface area contributed by atoms with Gasteiger partial charge in [-0.05, 0) is 43.0 Å². The van der Waals surface area contributed by atoms with Gasteiger partial charge in [-0.3, -0.25) is 0 Å². The van der Waals surface area contributed by atoms with Crippen molar-refractivity contribution in [3.8, 4) is 5.75 Å². The van der Waals surface area contributed by atoms with Crippen molar-refractivity contribution in [2.24, 2.45) is 11.7 Å². The van der Waals surface area contributed by atoms with Crippen LogP contribution < -0.4 is 10.5 Å². The quantitative estimate of drug-likeness (QED) is 0.803. The monoisotopic (exact) mass is 271 g/mol. The van der Waals surface area contributed by atoms with Crippen molar-refractivity contribution in [3.63, 3.8) is 0 Å². The fourth-order valence-electron chi connectivity index (χ4n) is 1.79. The Morgan fingerprint density at radius 2 is 2.24 bits per heavy atom. The molecule has 0 spiro atoms. The van der Waals surface area contributed by atoms with Crippen LogP contribution in [0.25, 0.3) is 0 Å². The normalized spacial score (nSPS) is 12.2. The Morgan fingerprint density at radius 3 is 2.82 bits per heavy atom. The van der Waals surface area contributed by atoms with Crippen LogP contribution in [0, 0.1) is 5.92 Å². The van der Waals surface area contributed by atoms with Gasteiger partial charge in [0, 0.05) is 11.4 Å². The maximum Gasteiger partial charge on any atom is 0.122 e. The molecular formula is C13H18ClNOS. The Balaban J connectivity index is 2.80. The van der Waals surface area contributed by atoms with Crippen molar-refractivity contribution in [3.05, 3.63) is 28.8 Å². The summed E-state index contributed by atoms with van der Waals surface area (Å²) in [5, 5.41) is 0.728. The molecule has 0 bridgehead atoms. The zero-order valence-corrected chi connectivity index (χ0v) is 11.8. The van der Waals surface area contributed by atoms with Gasteiger partial charge in [0.05, 0.1) is 11.6 Å². The van der Waals surface area contributed by atoms with E-state index < -0.39 is 0 Å². The van der Waals surface area contributed by atoms with Crippen molar-refractivity contribution < 1.29 is 4.74 Å². The van der Waals surface area contributed by atoms with Gasteiger partial charge in [-0.25, -0.2) is 0 Å². The maximum atomic E-state index is 6.00. The predicted molar refractivity (Wildman–Crippen MR) is 76.9 cm³/mol. The average molecular weight is 272 g/mol. The number of hydrogen-bond donors (Lipinski definition) is 1. The molecule has 1 unspecified atom stereocenters. The molecule has 0 radical (unpaired) electrons. The topological polar surface area (TPSA) is 35.2 Å². The van der Waals surface area contributed by atoms with Crippen molar-refractivity contribution in [2.75, 3.05) is 6.61 Å². The highest BCUT2D eigenvalue weighted by Gasteiger charge is 2.10. The van der Waals surface area contributed by atoms with E-state index in [1.807, 2.05) is 25.1 Å². The van der Waals surface area contributed by atoms with E-state index in [0.717, 1.165) is 29.2 Å². The lowest BCUT2D eigenvalue weighted by Gasteiger charge is -2.14. The molecule has 1 aromatic rings. The van der Waals surface area contributed by atoms with Gasteiger partial charge in [-0.1, -0.05) is 30.7 Å². The fourth-order valence-corrected chi connectivity index (χ4v) is 2.27. The van der Waals surface area contributed by atoms with Crippen LogP contribution in [-0.2, 0) is 6.42 Å². The van der Waals surface area contributed by atoms with E-state index in [2.05, 4.69) is 6.92 Å². The molecule has 1 aromatic carbocycles. The minimum absolute atomic E-state index is 0.394. The molecule has 0 aliphatic rings. The molecule has 94 valence electrons. The highest BCUT2D eigenvalue weighted by atomic mass is 35.5. The van der Waals surface area contributed by atoms with E-state index in [1.165, 1.54) is 0 Å². The third-order valence-electron chi connectivity index (χ3n) is 2.44. The van der Waals surface area contributed by atoms with Crippen LogP contribution in [0.1, 0.15) is 25.8 Å². The van der Waals surface area contributed by atoms with E-state index in [4.69, 9.17) is 34.3 Å². The highest BCUT2D eigenvalue weighted by Crippen LogP contribution is 2.26. The van der Waals surface area contributed by atoms with Gasteiger partial charge in [-0.2, -0.15) is 0 Å². The first kappa shape index (κ1) is 14.3. The summed E-state index contributed by atoms with van der Waals surface area (Å²) in [6.45, 7) is 4.74. The SMILES string of the molecule is CCOc1ccc(Cl)cc1CC(C)CC(N)=S. The minimum Gasteiger partial charge on any atom is -0.494 e. The molecule has 0 heterocycles. The largest absolute Gasteiger partial charge is 0.494 e. The number of nitrogens with two attached hydrogens (primary N) is 1. The van der Waals surface area contributed by atoms with E-state index in [9.17, 15) is 0 Å². The van der Waals surface area contributed by atoms with Gasteiger partial charge >= 0.3 is 0 Å². The van der Waals surface area contributed by atoms with Crippen molar-refractivity contribution in [1.29, 1.82) is 0 Å². The fraction of sp³-hybridized carbons (Fsp3) is 0.462. The van der Waals surface area contributed by atoms with Crippen LogP contribution in [0.15, 0.2) is 18.2 Å². The first-order chi connectivity index (χ1) is 8.02. The van der Waals surface area contributed by atoms with Crippen molar-refractivity contribution in [1.82, 2.24) is 0 Å². The molecule has 1 rings (SSSR count). The van der Waals surface area contributed by atoms with Gasteiger partial charge in [0.1, 0.15) is 5.75 Å². The van der Waals surface area contributed by atoms with Crippen LogP contribution in [-0.4, -0.2) is 11.6 Å². The summed E-state index contributed by atoms with van der Waals surface area (Å²) in [6.07, 6.45) is 1.61. The molecule has 0 fully saturated rings. The first-order valence-corrected chi connectivity index (χ1v) is 6.51. The standard InChI is InChI=1S/C13H18ClNOS/c1-3-16-12-5-4-11(14)8-10(12)6-9(2)7-13(15)17/h4-5,8-9H,3,6-7H2,1-2H3,(H2,15,17). The minimum atomic E-state index is 0.394. The van der Waals surface area contributed by atoms with E-state index in [0.29, 0.717) is 17.5 Å². The smallest absolute Gasteiger partial charge is 0.122 e. The van der Waals surface area contributed by atoms with Crippen LogP contribution in [0.3, 0.4) is 0 Å². The molecule has 0 aliphatic heterocycles. The van der Waals surface area contributed by atoms with Crippen LogP contribution in [0.5, 0.6) is 5.75 Å². The van der Waals surface area contributed by atoms with E-state index in [-0.39, 0.29) is 0 Å². The second kappa shape index (κ2) is 6.82. The lowest BCUT2D eigenvalue weighted by molar-refractivity contribution is 0.334. The molecule has 0 saturated carbocycles. The summed E-state index contributed by atoms with van der Waals surface area (Å²) in [4.78, 5) is 0.553. The van der Waals surface area contributed by atoms with Gasteiger partial charge in [0.15, 0.2) is 0 Å². The van der Waals surface area contributed by atoms with E-state index >= 15 is 0 Å². The maximum absolute atomic E-state index is 6.00. The average Bonchev–Trinajstić information content (AvgIpc) is 2.21. The second-order valence-electron chi connectivity index (χ2n) is 4.16. The molecule has 2 N–H and O–H groups in total. The van der Waals surface area contributed by atoms with Gasteiger partial charge in [0.25, 0.3) is 0 Å². The summed E-state index contributed by atoms with van der Waals surface area (Å²) < 4.78 is 5.58. The Labute approximate surface area is 113 Å². The highest BCUT2D eigenvalue weighted by molar-refractivity contribution is 7.80. The second-order valence-corrected chi connectivity index (χ2v) is 5.13. The zero-order valence-electron chi connectivity index (χ0n) is 10.2. The Kier molecular flexibility index (Phi) is 5.72. The molecule has 2 nitrogen and oxygen atoms in total. The number of benzene rings is 1. The Morgan fingerprint density at radius 1 is 1.53 bits per heavy atom. The summed E-state index contributed by atoms with van der Waals surface area (Å²) in [7, 11) is 0. The number of halogens is 1.